The van der Waals surface area contributed by atoms with Crippen molar-refractivity contribution in [2.45, 2.75) is 31.8 Å². The van der Waals surface area contributed by atoms with Crippen LogP contribution in [0.4, 0.5) is 0 Å². The van der Waals surface area contributed by atoms with Gasteiger partial charge in [-0.1, -0.05) is 25.1 Å². The Kier molecular flexibility index (Phi) is 3.72. The van der Waals surface area contributed by atoms with E-state index in [2.05, 4.69) is 42.2 Å². The van der Waals surface area contributed by atoms with Gasteiger partial charge in [-0.15, -0.1) is 0 Å². The molecule has 4 nitrogen and oxygen atoms in total. The van der Waals surface area contributed by atoms with Gasteiger partial charge in [-0.05, 0) is 24.1 Å². The van der Waals surface area contributed by atoms with Crippen molar-refractivity contribution in [2.24, 2.45) is 0 Å². The molecule has 1 aromatic rings. The predicted molar refractivity (Wildman–Crippen MR) is 81.5 cm³/mol. The molecule has 4 heteroatoms. The van der Waals surface area contributed by atoms with Gasteiger partial charge in [0.1, 0.15) is 11.4 Å². The van der Waals surface area contributed by atoms with Gasteiger partial charge in [-0.3, -0.25) is 9.69 Å². The van der Waals surface area contributed by atoms with Crippen LogP contribution in [0.2, 0.25) is 0 Å². The first-order valence-corrected chi connectivity index (χ1v) is 7.55. The summed E-state index contributed by atoms with van der Waals surface area (Å²) >= 11 is 0. The van der Waals surface area contributed by atoms with Gasteiger partial charge in [-0.2, -0.15) is 0 Å². The second-order valence-corrected chi connectivity index (χ2v) is 5.90. The zero-order valence-electron chi connectivity index (χ0n) is 12.3. The monoisotopic (exact) mass is 287 g/mol. The average Bonchev–Trinajstić information content (AvgIpc) is 2.87. The molecule has 1 aromatic carbocycles. The van der Waals surface area contributed by atoms with Crippen molar-refractivity contribution in [2.75, 3.05) is 19.6 Å². The zero-order valence-corrected chi connectivity index (χ0v) is 12.3. The van der Waals surface area contributed by atoms with Gasteiger partial charge in [0.2, 0.25) is 0 Å². The number of benzene rings is 1. The summed E-state index contributed by atoms with van der Waals surface area (Å²) in [7, 11) is 0. The van der Waals surface area contributed by atoms with Crippen LogP contribution < -0.4 is 4.74 Å². The number of nitrogens with zero attached hydrogens (tertiary/aromatic N) is 1. The minimum atomic E-state index is -0.742. The molecule has 0 aromatic heterocycles. The van der Waals surface area contributed by atoms with E-state index in [4.69, 9.17) is 9.84 Å². The fourth-order valence-electron chi connectivity index (χ4n) is 3.07. The topological polar surface area (TPSA) is 49.8 Å². The van der Waals surface area contributed by atoms with Gasteiger partial charge < -0.3 is 9.84 Å². The van der Waals surface area contributed by atoms with Crippen LogP contribution in [0.3, 0.4) is 0 Å². The molecule has 1 atom stereocenters. The lowest BCUT2D eigenvalue weighted by molar-refractivity contribution is -0.137. The number of hydrogen-bond donors (Lipinski definition) is 1. The van der Waals surface area contributed by atoms with Gasteiger partial charge >= 0.3 is 5.97 Å². The van der Waals surface area contributed by atoms with E-state index in [0.29, 0.717) is 6.54 Å². The van der Waals surface area contributed by atoms with Crippen molar-refractivity contribution in [1.82, 2.24) is 4.90 Å². The van der Waals surface area contributed by atoms with Gasteiger partial charge in [0.05, 0.1) is 6.42 Å². The molecule has 2 aliphatic heterocycles. The quantitative estimate of drug-likeness (QED) is 0.924. The molecule has 0 amide bonds. The minimum absolute atomic E-state index is 0.191. The van der Waals surface area contributed by atoms with Crippen molar-refractivity contribution in [3.05, 3.63) is 35.4 Å². The minimum Gasteiger partial charge on any atom is -0.481 e. The fraction of sp³-hybridized carbons (Fsp3) is 0.471. The SMILES string of the molecule is CCc1ccc2c(c1)OC1(C=C2)CCN(CCC(=O)O)C1. The van der Waals surface area contributed by atoms with Crippen LogP contribution in [0.15, 0.2) is 24.3 Å². The Morgan fingerprint density at radius 1 is 1.48 bits per heavy atom. The molecule has 21 heavy (non-hydrogen) atoms. The molecular formula is C17H21NO3. The number of carbonyl (C=O) groups is 1. The lowest BCUT2D eigenvalue weighted by Gasteiger charge is -2.31. The van der Waals surface area contributed by atoms with E-state index in [-0.39, 0.29) is 12.0 Å². The molecule has 1 saturated heterocycles. The number of rotatable bonds is 4. The Morgan fingerprint density at radius 2 is 2.33 bits per heavy atom. The first-order valence-electron chi connectivity index (χ1n) is 7.55. The lowest BCUT2D eigenvalue weighted by Crippen LogP contribution is -2.39. The average molecular weight is 287 g/mol. The maximum atomic E-state index is 10.7. The summed E-state index contributed by atoms with van der Waals surface area (Å²) in [6.07, 6.45) is 6.38. The molecule has 0 bridgehead atoms. The number of ether oxygens (including phenoxy) is 1. The largest absolute Gasteiger partial charge is 0.481 e. The highest BCUT2D eigenvalue weighted by Gasteiger charge is 2.39. The summed E-state index contributed by atoms with van der Waals surface area (Å²) < 4.78 is 6.28. The van der Waals surface area contributed by atoms with Crippen molar-refractivity contribution in [3.63, 3.8) is 0 Å². The third-order valence-corrected chi connectivity index (χ3v) is 4.35. The molecule has 2 aliphatic rings. The summed E-state index contributed by atoms with van der Waals surface area (Å²) in [5.74, 6) is 0.214. The van der Waals surface area contributed by atoms with Crippen molar-refractivity contribution >= 4 is 12.0 Å². The Balaban J connectivity index is 1.72. The molecule has 3 rings (SSSR count). The van der Waals surface area contributed by atoms with Crippen LogP contribution in [0.25, 0.3) is 6.08 Å². The first kappa shape index (κ1) is 14.1. The van der Waals surface area contributed by atoms with Crippen LogP contribution >= 0.6 is 0 Å². The van der Waals surface area contributed by atoms with Gasteiger partial charge in [0.25, 0.3) is 0 Å². The zero-order chi connectivity index (χ0) is 14.9. The normalized spacial score (nSPS) is 24.0. The van der Waals surface area contributed by atoms with Gasteiger partial charge in [0, 0.05) is 31.6 Å². The predicted octanol–water partition coefficient (Wildman–Crippen LogP) is 2.57. The second kappa shape index (κ2) is 5.53. The lowest BCUT2D eigenvalue weighted by atomic mass is 9.96. The van der Waals surface area contributed by atoms with E-state index < -0.39 is 5.97 Å². The summed E-state index contributed by atoms with van der Waals surface area (Å²) in [6.45, 7) is 4.39. The van der Waals surface area contributed by atoms with Crippen LogP contribution in [-0.2, 0) is 11.2 Å². The maximum Gasteiger partial charge on any atom is 0.304 e. The molecule has 2 heterocycles. The molecule has 1 fully saturated rings. The summed E-state index contributed by atoms with van der Waals surface area (Å²) in [6, 6.07) is 6.37. The van der Waals surface area contributed by atoms with E-state index in [1.54, 1.807) is 0 Å². The smallest absolute Gasteiger partial charge is 0.304 e. The Labute approximate surface area is 125 Å². The van der Waals surface area contributed by atoms with Crippen LogP contribution in [0.1, 0.15) is 30.9 Å². The fourth-order valence-corrected chi connectivity index (χ4v) is 3.07. The molecule has 1 unspecified atom stereocenters. The van der Waals surface area contributed by atoms with Crippen LogP contribution in [-0.4, -0.2) is 41.2 Å². The summed E-state index contributed by atoms with van der Waals surface area (Å²) in [5, 5.41) is 8.79. The highest BCUT2D eigenvalue weighted by Crippen LogP contribution is 2.37. The number of likely N-dealkylation sites (tertiary alicyclic amines) is 1. The molecular weight excluding hydrogens is 266 g/mol. The third-order valence-electron chi connectivity index (χ3n) is 4.35. The maximum absolute atomic E-state index is 10.7. The number of fused-ring (bicyclic) bond motifs is 1. The van der Waals surface area contributed by atoms with E-state index in [0.717, 1.165) is 37.2 Å². The molecule has 0 saturated carbocycles. The Bertz CT molecular complexity index is 581. The Morgan fingerprint density at radius 3 is 3.10 bits per heavy atom. The first-order chi connectivity index (χ1) is 10.1. The molecule has 0 radical (unpaired) electrons. The van der Waals surface area contributed by atoms with Crippen molar-refractivity contribution in [3.8, 4) is 5.75 Å². The van der Waals surface area contributed by atoms with Crippen molar-refractivity contribution < 1.29 is 14.6 Å². The number of hydrogen-bond acceptors (Lipinski definition) is 3. The highest BCUT2D eigenvalue weighted by molar-refractivity contribution is 5.67. The molecule has 112 valence electrons. The van der Waals surface area contributed by atoms with Crippen molar-refractivity contribution in [1.29, 1.82) is 0 Å². The van der Waals surface area contributed by atoms with E-state index in [1.165, 1.54) is 5.56 Å². The number of carboxylic acid groups (broad SMARTS) is 1. The second-order valence-electron chi connectivity index (χ2n) is 5.90. The van der Waals surface area contributed by atoms with E-state index in [9.17, 15) is 4.79 Å². The third kappa shape index (κ3) is 2.95. The van der Waals surface area contributed by atoms with Crippen LogP contribution in [0.5, 0.6) is 5.75 Å². The number of aryl methyl sites for hydroxylation is 1. The highest BCUT2D eigenvalue weighted by atomic mass is 16.5. The molecule has 1 spiro atoms. The van der Waals surface area contributed by atoms with Gasteiger partial charge in [0.15, 0.2) is 0 Å². The molecule has 0 aliphatic carbocycles. The number of aliphatic carboxylic acids is 1. The summed E-state index contributed by atoms with van der Waals surface area (Å²) in [4.78, 5) is 12.9. The van der Waals surface area contributed by atoms with E-state index >= 15 is 0 Å². The summed E-state index contributed by atoms with van der Waals surface area (Å²) in [5.41, 5.74) is 2.12. The van der Waals surface area contributed by atoms with Crippen LogP contribution in [0, 0.1) is 0 Å². The number of carboxylic acids is 1. The van der Waals surface area contributed by atoms with Gasteiger partial charge in [-0.25, -0.2) is 0 Å². The molecule has 1 N–H and O–H groups in total. The standard InChI is InChI=1S/C17H21NO3/c1-2-13-3-4-14-5-7-17(21-15(14)11-13)8-10-18(12-17)9-6-16(19)20/h3-5,7,11H,2,6,8-10,12H2,1H3,(H,19,20). The Hall–Kier alpha value is -1.81. The van der Waals surface area contributed by atoms with E-state index in [1.807, 2.05) is 0 Å².